The van der Waals surface area contributed by atoms with Crippen molar-refractivity contribution in [1.82, 2.24) is 0 Å². The molecule has 0 fully saturated rings. The third-order valence-electron chi connectivity index (χ3n) is 3.68. The summed E-state index contributed by atoms with van der Waals surface area (Å²) in [5.74, 6) is -0.527. The summed E-state index contributed by atoms with van der Waals surface area (Å²) in [5.41, 5.74) is 3.10. The molecule has 5 nitrogen and oxygen atoms in total. The zero-order chi connectivity index (χ0) is 19.8. The Morgan fingerprint density at radius 2 is 1.74 bits per heavy atom. The van der Waals surface area contributed by atoms with Crippen LogP contribution < -0.4 is 0 Å². The average Bonchev–Trinajstić information content (AvgIpc) is 2.66. The Hall–Kier alpha value is -2.50. The van der Waals surface area contributed by atoms with E-state index in [2.05, 4.69) is 5.16 Å². The SMILES string of the molecule is CO/C=C(/C(=O)OC)c1ccc(Cl)cc1CO/N=C(\C)c1ccc(Cl)cc1. The predicted molar refractivity (Wildman–Crippen MR) is 107 cm³/mol. The van der Waals surface area contributed by atoms with E-state index in [1.807, 2.05) is 19.1 Å². The molecule has 27 heavy (non-hydrogen) atoms. The standard InChI is InChI=1S/C20H19Cl2NO4/c1-13(14-4-6-16(21)7-5-14)23-27-11-15-10-17(22)8-9-18(15)19(12-25-2)20(24)26-3/h4-10,12H,11H2,1-3H3/b19-12+,23-13+. The van der Waals surface area contributed by atoms with Crippen molar-refractivity contribution in [1.29, 1.82) is 0 Å². The topological polar surface area (TPSA) is 57.1 Å². The van der Waals surface area contributed by atoms with Gasteiger partial charge >= 0.3 is 5.97 Å². The Bertz CT molecular complexity index is 861. The average molecular weight is 408 g/mol. The van der Waals surface area contributed by atoms with E-state index in [0.29, 0.717) is 26.9 Å². The first kappa shape index (κ1) is 20.8. The van der Waals surface area contributed by atoms with Gasteiger partial charge < -0.3 is 14.3 Å². The Morgan fingerprint density at radius 1 is 1.07 bits per heavy atom. The second-order valence-corrected chi connectivity index (χ2v) is 6.39. The lowest BCUT2D eigenvalue weighted by atomic mass is 10.0. The molecule has 7 heteroatoms. The van der Waals surface area contributed by atoms with Crippen molar-refractivity contribution >= 4 is 40.5 Å². The zero-order valence-corrected chi connectivity index (χ0v) is 16.7. The summed E-state index contributed by atoms with van der Waals surface area (Å²) in [4.78, 5) is 17.5. The molecular weight excluding hydrogens is 389 g/mol. The van der Waals surface area contributed by atoms with Crippen LogP contribution in [0.15, 0.2) is 53.9 Å². The van der Waals surface area contributed by atoms with Crippen molar-refractivity contribution < 1.29 is 19.1 Å². The fourth-order valence-corrected chi connectivity index (χ4v) is 2.66. The highest BCUT2D eigenvalue weighted by Crippen LogP contribution is 2.25. The molecule has 2 rings (SSSR count). The van der Waals surface area contributed by atoms with Crippen molar-refractivity contribution in [3.05, 3.63) is 75.5 Å². The Labute approximate surface area is 168 Å². The Kier molecular flexibility index (Phi) is 7.70. The molecule has 0 bridgehead atoms. The van der Waals surface area contributed by atoms with Crippen molar-refractivity contribution in [3.63, 3.8) is 0 Å². The molecule has 2 aromatic rings. The molecule has 0 unspecified atom stereocenters. The predicted octanol–water partition coefficient (Wildman–Crippen LogP) is 5.09. The Morgan fingerprint density at radius 3 is 2.37 bits per heavy atom. The molecular formula is C20H19Cl2NO4. The van der Waals surface area contributed by atoms with Crippen LogP contribution in [0.5, 0.6) is 0 Å². The number of carbonyl (C=O) groups is 1. The van der Waals surface area contributed by atoms with Crippen LogP contribution in [-0.4, -0.2) is 25.9 Å². The first-order valence-corrected chi connectivity index (χ1v) is 8.74. The van der Waals surface area contributed by atoms with Gasteiger partial charge in [0, 0.05) is 15.6 Å². The highest BCUT2D eigenvalue weighted by molar-refractivity contribution is 6.31. The van der Waals surface area contributed by atoms with Crippen LogP contribution in [0.4, 0.5) is 0 Å². The third-order valence-corrected chi connectivity index (χ3v) is 4.17. The van der Waals surface area contributed by atoms with Gasteiger partial charge in [-0.3, -0.25) is 0 Å². The fraction of sp³-hybridized carbons (Fsp3) is 0.200. The summed E-state index contributed by atoms with van der Waals surface area (Å²) in [6.07, 6.45) is 1.32. The summed E-state index contributed by atoms with van der Waals surface area (Å²) in [6.45, 7) is 1.94. The van der Waals surface area contributed by atoms with Crippen LogP contribution in [0.3, 0.4) is 0 Å². The minimum atomic E-state index is -0.527. The van der Waals surface area contributed by atoms with Crippen LogP contribution in [0.1, 0.15) is 23.6 Å². The van der Waals surface area contributed by atoms with Crippen molar-refractivity contribution in [3.8, 4) is 0 Å². The van der Waals surface area contributed by atoms with Gasteiger partial charge in [0.05, 0.1) is 26.2 Å². The highest BCUT2D eigenvalue weighted by Gasteiger charge is 2.17. The number of hydrogen-bond donors (Lipinski definition) is 0. The van der Waals surface area contributed by atoms with Crippen LogP contribution in [0.2, 0.25) is 10.0 Å². The van der Waals surface area contributed by atoms with Gasteiger partial charge in [-0.25, -0.2) is 4.79 Å². The van der Waals surface area contributed by atoms with Crippen LogP contribution in [-0.2, 0) is 25.7 Å². The fourth-order valence-electron chi connectivity index (χ4n) is 2.34. The van der Waals surface area contributed by atoms with E-state index in [9.17, 15) is 4.79 Å². The lowest BCUT2D eigenvalue weighted by molar-refractivity contribution is -0.133. The summed E-state index contributed by atoms with van der Waals surface area (Å²) < 4.78 is 9.82. The summed E-state index contributed by atoms with van der Waals surface area (Å²) in [7, 11) is 2.76. The quantitative estimate of drug-likeness (QED) is 0.210. The smallest absolute Gasteiger partial charge is 0.341 e. The summed E-state index contributed by atoms with van der Waals surface area (Å²) in [5, 5.41) is 5.28. The van der Waals surface area contributed by atoms with Gasteiger partial charge in [-0.1, -0.05) is 46.6 Å². The number of esters is 1. The molecule has 0 aliphatic heterocycles. The number of hydrogen-bond acceptors (Lipinski definition) is 5. The maximum absolute atomic E-state index is 12.1. The van der Waals surface area contributed by atoms with Gasteiger partial charge in [0.25, 0.3) is 0 Å². The highest BCUT2D eigenvalue weighted by atomic mass is 35.5. The van der Waals surface area contributed by atoms with E-state index in [4.69, 9.17) is 37.5 Å². The number of oxime groups is 1. The molecule has 0 atom stereocenters. The number of ether oxygens (including phenoxy) is 2. The molecule has 0 radical (unpaired) electrons. The minimum Gasteiger partial charge on any atom is -0.503 e. The van der Waals surface area contributed by atoms with E-state index in [0.717, 1.165) is 5.56 Å². The van der Waals surface area contributed by atoms with E-state index in [1.54, 1.807) is 30.3 Å². The maximum atomic E-state index is 12.1. The van der Waals surface area contributed by atoms with Gasteiger partial charge in [-0.2, -0.15) is 0 Å². The molecule has 0 aliphatic carbocycles. The number of methoxy groups -OCH3 is 2. The van der Waals surface area contributed by atoms with Crippen molar-refractivity contribution in [2.45, 2.75) is 13.5 Å². The van der Waals surface area contributed by atoms with E-state index >= 15 is 0 Å². The van der Waals surface area contributed by atoms with Crippen molar-refractivity contribution in [2.24, 2.45) is 5.16 Å². The molecule has 2 aromatic carbocycles. The van der Waals surface area contributed by atoms with Crippen LogP contribution in [0.25, 0.3) is 5.57 Å². The normalized spacial score (nSPS) is 11.9. The van der Waals surface area contributed by atoms with E-state index in [-0.39, 0.29) is 12.2 Å². The number of nitrogens with zero attached hydrogens (tertiary/aromatic N) is 1. The first-order chi connectivity index (χ1) is 13.0. The van der Waals surface area contributed by atoms with Gasteiger partial charge in [-0.15, -0.1) is 0 Å². The minimum absolute atomic E-state index is 0.110. The molecule has 0 N–H and O–H groups in total. The second-order valence-electron chi connectivity index (χ2n) is 5.52. The third kappa shape index (κ3) is 5.74. The van der Waals surface area contributed by atoms with Gasteiger partial charge in [0.15, 0.2) is 0 Å². The van der Waals surface area contributed by atoms with E-state index in [1.165, 1.54) is 20.5 Å². The number of rotatable bonds is 7. The summed E-state index contributed by atoms with van der Waals surface area (Å²) in [6, 6.07) is 12.4. The molecule has 142 valence electrons. The van der Waals surface area contributed by atoms with Crippen LogP contribution >= 0.6 is 23.2 Å². The lowest BCUT2D eigenvalue weighted by Gasteiger charge is -2.12. The maximum Gasteiger partial charge on any atom is 0.341 e. The molecule has 0 aromatic heterocycles. The molecule has 0 heterocycles. The number of halogens is 2. The molecule has 0 saturated heterocycles. The number of benzene rings is 2. The van der Waals surface area contributed by atoms with Crippen molar-refractivity contribution in [2.75, 3.05) is 14.2 Å². The monoisotopic (exact) mass is 407 g/mol. The molecule has 0 aliphatic rings. The van der Waals surface area contributed by atoms with Gasteiger partial charge in [0.1, 0.15) is 12.2 Å². The lowest BCUT2D eigenvalue weighted by Crippen LogP contribution is -2.07. The van der Waals surface area contributed by atoms with Gasteiger partial charge in [-0.05, 0) is 42.3 Å². The van der Waals surface area contributed by atoms with E-state index < -0.39 is 5.97 Å². The number of carbonyl (C=O) groups excluding carboxylic acids is 1. The molecule has 0 saturated carbocycles. The first-order valence-electron chi connectivity index (χ1n) is 7.98. The molecule has 0 spiro atoms. The zero-order valence-electron chi connectivity index (χ0n) is 15.2. The molecule has 0 amide bonds. The largest absolute Gasteiger partial charge is 0.503 e. The summed E-state index contributed by atoms with van der Waals surface area (Å²) >= 11 is 12.0. The Balaban J connectivity index is 2.24. The van der Waals surface area contributed by atoms with Crippen LogP contribution in [0, 0.1) is 0 Å². The second kappa shape index (κ2) is 10.00. The van der Waals surface area contributed by atoms with Gasteiger partial charge in [0.2, 0.25) is 0 Å².